The maximum absolute atomic E-state index is 11.1. The van der Waals surface area contributed by atoms with E-state index in [2.05, 4.69) is 10.9 Å². The third-order valence-electron chi connectivity index (χ3n) is 2.68. The van der Waals surface area contributed by atoms with Crippen molar-refractivity contribution in [2.75, 3.05) is 0 Å². The SMILES string of the molecule is NS(=O)(=O)C1CCCCC12NN2. The molecule has 0 amide bonds. The van der Waals surface area contributed by atoms with Crippen LogP contribution in [0.15, 0.2) is 0 Å². The van der Waals surface area contributed by atoms with Crippen molar-refractivity contribution in [2.45, 2.75) is 36.6 Å². The van der Waals surface area contributed by atoms with Crippen LogP contribution in [-0.2, 0) is 10.0 Å². The van der Waals surface area contributed by atoms with Crippen LogP contribution in [0.2, 0.25) is 0 Å². The van der Waals surface area contributed by atoms with E-state index in [-0.39, 0.29) is 5.66 Å². The maximum Gasteiger partial charge on any atom is 0.215 e. The Morgan fingerprint density at radius 2 is 2.00 bits per heavy atom. The summed E-state index contributed by atoms with van der Waals surface area (Å²) in [7, 11) is -3.40. The smallest absolute Gasteiger partial charge is 0.215 e. The molecule has 1 spiro atoms. The third-order valence-corrected chi connectivity index (χ3v) is 4.11. The molecule has 1 saturated carbocycles. The van der Waals surface area contributed by atoms with Crippen molar-refractivity contribution < 1.29 is 8.42 Å². The Hall–Kier alpha value is -0.170. The molecule has 1 aliphatic carbocycles. The molecule has 6 heteroatoms. The highest BCUT2D eigenvalue weighted by atomic mass is 32.2. The number of nitrogens with one attached hydrogen (secondary N) is 2. The van der Waals surface area contributed by atoms with Gasteiger partial charge in [-0.1, -0.05) is 12.8 Å². The topological polar surface area (TPSA) is 104 Å². The van der Waals surface area contributed by atoms with E-state index in [9.17, 15) is 8.42 Å². The van der Waals surface area contributed by atoms with E-state index in [0.717, 1.165) is 19.3 Å². The highest BCUT2D eigenvalue weighted by Gasteiger charge is 2.54. The Bertz CT molecular complexity index is 283. The van der Waals surface area contributed by atoms with E-state index in [1.165, 1.54) is 0 Å². The summed E-state index contributed by atoms with van der Waals surface area (Å²) in [5.74, 6) is 0. The van der Waals surface area contributed by atoms with Gasteiger partial charge in [0.05, 0.1) is 0 Å². The average molecular weight is 191 g/mol. The second kappa shape index (κ2) is 2.41. The van der Waals surface area contributed by atoms with Gasteiger partial charge in [0.15, 0.2) is 0 Å². The number of nitrogens with two attached hydrogens (primary N) is 1. The van der Waals surface area contributed by atoms with Crippen molar-refractivity contribution in [1.29, 1.82) is 0 Å². The fraction of sp³-hybridized carbons (Fsp3) is 1.00. The summed E-state index contributed by atoms with van der Waals surface area (Å²) in [6, 6.07) is 0. The summed E-state index contributed by atoms with van der Waals surface area (Å²) in [6.45, 7) is 0. The second-order valence-electron chi connectivity index (χ2n) is 3.54. The molecule has 0 aromatic heterocycles. The number of sulfonamides is 1. The molecule has 4 N–H and O–H groups in total. The molecule has 1 aliphatic heterocycles. The van der Waals surface area contributed by atoms with Gasteiger partial charge in [-0.05, 0) is 12.8 Å². The van der Waals surface area contributed by atoms with Crippen LogP contribution in [0, 0.1) is 0 Å². The highest BCUT2D eigenvalue weighted by Crippen LogP contribution is 2.34. The molecule has 1 heterocycles. The van der Waals surface area contributed by atoms with Crippen LogP contribution in [0.4, 0.5) is 0 Å². The zero-order chi connectivity index (χ0) is 8.82. The van der Waals surface area contributed by atoms with Crippen LogP contribution in [0.25, 0.3) is 0 Å². The van der Waals surface area contributed by atoms with Gasteiger partial charge in [0.1, 0.15) is 10.9 Å². The molecule has 0 bridgehead atoms. The van der Waals surface area contributed by atoms with Crippen LogP contribution < -0.4 is 16.0 Å². The molecule has 70 valence electrons. The van der Waals surface area contributed by atoms with Gasteiger partial charge >= 0.3 is 0 Å². The van der Waals surface area contributed by atoms with Crippen molar-refractivity contribution in [1.82, 2.24) is 10.9 Å². The number of rotatable bonds is 1. The Kier molecular flexibility index (Phi) is 1.69. The second-order valence-corrected chi connectivity index (χ2v) is 5.29. The van der Waals surface area contributed by atoms with Gasteiger partial charge in [0.25, 0.3) is 0 Å². The minimum absolute atomic E-state index is 0.383. The quantitative estimate of drug-likeness (QED) is 0.463. The molecule has 0 aromatic rings. The molecule has 1 atom stereocenters. The van der Waals surface area contributed by atoms with Crippen LogP contribution in [0.1, 0.15) is 25.7 Å². The minimum Gasteiger partial charge on any atom is -0.234 e. The predicted molar refractivity (Wildman–Crippen MR) is 44.4 cm³/mol. The Morgan fingerprint density at radius 1 is 1.33 bits per heavy atom. The van der Waals surface area contributed by atoms with Crippen LogP contribution >= 0.6 is 0 Å². The summed E-state index contributed by atoms with van der Waals surface area (Å²) in [4.78, 5) is 0. The number of primary sulfonamides is 1. The first-order chi connectivity index (χ1) is 5.55. The van der Waals surface area contributed by atoms with E-state index in [1.54, 1.807) is 0 Å². The van der Waals surface area contributed by atoms with E-state index in [0.29, 0.717) is 6.42 Å². The standard InChI is InChI=1S/C6H13N3O2S/c7-12(10,11)5-3-1-2-4-6(5)8-9-6/h5,8-9H,1-4H2,(H2,7,10,11). The molecule has 2 aliphatic rings. The van der Waals surface area contributed by atoms with Crippen molar-refractivity contribution in [3.63, 3.8) is 0 Å². The predicted octanol–water partition coefficient (Wildman–Crippen LogP) is -0.978. The average Bonchev–Trinajstić information content (AvgIpc) is 2.68. The monoisotopic (exact) mass is 191 g/mol. The van der Waals surface area contributed by atoms with E-state index in [4.69, 9.17) is 5.14 Å². The first-order valence-corrected chi connectivity index (χ1v) is 5.71. The summed E-state index contributed by atoms with van der Waals surface area (Å²) in [5.41, 5.74) is 5.41. The largest absolute Gasteiger partial charge is 0.234 e. The van der Waals surface area contributed by atoms with Crippen molar-refractivity contribution in [2.24, 2.45) is 5.14 Å². The Morgan fingerprint density at radius 3 is 2.42 bits per heavy atom. The highest BCUT2D eigenvalue weighted by molar-refractivity contribution is 7.89. The maximum atomic E-state index is 11.1. The third kappa shape index (κ3) is 1.24. The zero-order valence-corrected chi connectivity index (χ0v) is 7.52. The van der Waals surface area contributed by atoms with Crippen molar-refractivity contribution in [3.8, 4) is 0 Å². The van der Waals surface area contributed by atoms with Crippen LogP contribution in [0.5, 0.6) is 0 Å². The number of hydrogen-bond acceptors (Lipinski definition) is 4. The molecular formula is C6H13N3O2S. The first-order valence-electron chi connectivity index (χ1n) is 4.11. The lowest BCUT2D eigenvalue weighted by molar-refractivity contribution is 0.394. The van der Waals surface area contributed by atoms with Gasteiger partial charge in [0.2, 0.25) is 10.0 Å². The van der Waals surface area contributed by atoms with Crippen molar-refractivity contribution in [3.05, 3.63) is 0 Å². The first kappa shape index (κ1) is 8.43. The van der Waals surface area contributed by atoms with Crippen LogP contribution in [-0.4, -0.2) is 19.3 Å². The molecule has 1 saturated heterocycles. The van der Waals surface area contributed by atoms with Crippen molar-refractivity contribution >= 4 is 10.0 Å². The minimum atomic E-state index is -3.40. The van der Waals surface area contributed by atoms with Gasteiger partial charge in [-0.2, -0.15) is 0 Å². The summed E-state index contributed by atoms with van der Waals surface area (Å²) in [6.07, 6.45) is 3.53. The molecule has 5 nitrogen and oxygen atoms in total. The van der Waals surface area contributed by atoms with Crippen LogP contribution in [0.3, 0.4) is 0 Å². The van der Waals surface area contributed by atoms with Gasteiger partial charge in [-0.3, -0.25) is 0 Å². The van der Waals surface area contributed by atoms with Gasteiger partial charge in [-0.15, -0.1) is 0 Å². The van der Waals surface area contributed by atoms with E-state index in [1.807, 2.05) is 0 Å². The normalized spacial score (nSPS) is 33.6. The van der Waals surface area contributed by atoms with Gasteiger partial charge < -0.3 is 0 Å². The lowest BCUT2D eigenvalue weighted by Gasteiger charge is -2.26. The zero-order valence-electron chi connectivity index (χ0n) is 6.71. The Balaban J connectivity index is 2.23. The van der Waals surface area contributed by atoms with Gasteiger partial charge in [-0.25, -0.2) is 24.4 Å². The van der Waals surface area contributed by atoms with E-state index < -0.39 is 15.3 Å². The molecular weight excluding hydrogens is 178 g/mol. The van der Waals surface area contributed by atoms with E-state index >= 15 is 0 Å². The molecule has 2 fully saturated rings. The summed E-state index contributed by atoms with van der Waals surface area (Å²) in [5, 5.41) is 4.67. The molecule has 0 aromatic carbocycles. The Labute approximate surface area is 71.7 Å². The molecule has 2 rings (SSSR count). The fourth-order valence-electron chi connectivity index (χ4n) is 1.95. The number of hydrogen-bond donors (Lipinski definition) is 3. The summed E-state index contributed by atoms with van der Waals surface area (Å²) < 4.78 is 22.3. The number of hydrazine groups is 1. The molecule has 1 unspecified atom stereocenters. The van der Waals surface area contributed by atoms with Gasteiger partial charge in [0, 0.05) is 0 Å². The lowest BCUT2D eigenvalue weighted by atomic mass is 9.92. The lowest BCUT2D eigenvalue weighted by Crippen LogP contribution is -2.46. The summed E-state index contributed by atoms with van der Waals surface area (Å²) >= 11 is 0. The molecule has 0 radical (unpaired) electrons. The molecule has 12 heavy (non-hydrogen) atoms. The fourth-order valence-corrected chi connectivity index (χ4v) is 3.24.